The zero-order valence-electron chi connectivity index (χ0n) is 10.1. The maximum Gasteiger partial charge on any atom is 0.372 e. The van der Waals surface area contributed by atoms with Crippen molar-refractivity contribution in [2.45, 2.75) is 19.1 Å². The molecule has 1 aliphatic rings. The maximum absolute atomic E-state index is 11.1. The lowest BCUT2D eigenvalue weighted by Gasteiger charge is -2.26. The van der Waals surface area contributed by atoms with Crippen LogP contribution in [0.15, 0.2) is 28.7 Å². The van der Waals surface area contributed by atoms with E-state index in [1.165, 1.54) is 0 Å². The Morgan fingerprint density at radius 3 is 2.58 bits per heavy atom. The predicted molar refractivity (Wildman–Crippen MR) is 65.8 cm³/mol. The first-order chi connectivity index (χ1) is 9.02. The van der Waals surface area contributed by atoms with Crippen LogP contribution in [0.2, 0.25) is 0 Å². The third kappa shape index (κ3) is 1.52. The summed E-state index contributed by atoms with van der Waals surface area (Å²) in [5, 5.41) is 29.3. The Kier molecular flexibility index (Phi) is 2.48. The van der Waals surface area contributed by atoms with E-state index in [0.29, 0.717) is 28.0 Å². The summed E-state index contributed by atoms with van der Waals surface area (Å²) in [6.07, 6.45) is -2.26. The van der Waals surface area contributed by atoms with E-state index in [4.69, 9.17) is 9.52 Å². The van der Waals surface area contributed by atoms with Gasteiger partial charge in [0.15, 0.2) is 0 Å². The first-order valence-corrected chi connectivity index (χ1v) is 5.84. The van der Waals surface area contributed by atoms with Crippen molar-refractivity contribution in [3.63, 3.8) is 0 Å². The van der Waals surface area contributed by atoms with Crippen LogP contribution in [-0.2, 0) is 0 Å². The van der Waals surface area contributed by atoms with Gasteiger partial charge in [0, 0.05) is 16.7 Å². The van der Waals surface area contributed by atoms with Crippen LogP contribution in [0.5, 0.6) is 0 Å². The molecular formula is C14H12O5. The Hall–Kier alpha value is -2.11. The minimum atomic E-state index is -1.19. The molecule has 3 N–H and O–H groups in total. The van der Waals surface area contributed by atoms with Crippen LogP contribution < -0.4 is 0 Å². The van der Waals surface area contributed by atoms with Crippen molar-refractivity contribution in [1.82, 2.24) is 0 Å². The molecule has 2 aromatic rings. The van der Waals surface area contributed by atoms with Gasteiger partial charge in [-0.25, -0.2) is 4.79 Å². The van der Waals surface area contributed by atoms with Gasteiger partial charge in [0.25, 0.3) is 0 Å². The number of hydrogen-bond acceptors (Lipinski definition) is 4. The van der Waals surface area contributed by atoms with Crippen LogP contribution >= 0.6 is 0 Å². The van der Waals surface area contributed by atoms with Crippen LogP contribution in [-0.4, -0.2) is 21.3 Å². The topological polar surface area (TPSA) is 90.9 Å². The molecule has 0 aliphatic heterocycles. The van der Waals surface area contributed by atoms with Gasteiger partial charge in [-0.3, -0.25) is 0 Å². The fourth-order valence-electron chi connectivity index (χ4n) is 2.58. The summed E-state index contributed by atoms with van der Waals surface area (Å²) >= 11 is 0. The smallest absolute Gasteiger partial charge is 0.372 e. The maximum atomic E-state index is 11.1. The molecule has 1 aromatic heterocycles. The third-order valence-corrected chi connectivity index (χ3v) is 3.51. The SMILES string of the molecule is Cc1c(C(=O)O)oc2c1C(O)C(O)c1ccccc1-2. The molecule has 1 aliphatic carbocycles. The van der Waals surface area contributed by atoms with E-state index in [1.54, 1.807) is 31.2 Å². The molecule has 0 saturated heterocycles. The highest BCUT2D eigenvalue weighted by molar-refractivity contribution is 5.89. The highest BCUT2D eigenvalue weighted by atomic mass is 16.4. The van der Waals surface area contributed by atoms with Crippen LogP contribution in [0.25, 0.3) is 11.3 Å². The average Bonchev–Trinajstić information content (AvgIpc) is 2.74. The minimum Gasteiger partial charge on any atom is -0.475 e. The fourth-order valence-corrected chi connectivity index (χ4v) is 2.58. The molecule has 5 nitrogen and oxygen atoms in total. The van der Waals surface area contributed by atoms with Crippen molar-refractivity contribution < 1.29 is 24.5 Å². The Balaban J connectivity index is 2.34. The number of aliphatic hydroxyl groups is 2. The molecule has 1 heterocycles. The van der Waals surface area contributed by atoms with Gasteiger partial charge in [0.2, 0.25) is 5.76 Å². The molecule has 2 atom stereocenters. The van der Waals surface area contributed by atoms with Gasteiger partial charge in [-0.15, -0.1) is 0 Å². The van der Waals surface area contributed by atoms with Crippen molar-refractivity contribution in [1.29, 1.82) is 0 Å². The van der Waals surface area contributed by atoms with Crippen molar-refractivity contribution in [3.05, 3.63) is 46.7 Å². The number of rotatable bonds is 1. The summed E-state index contributed by atoms with van der Waals surface area (Å²) in [5.41, 5.74) is 1.85. The number of hydrogen-bond donors (Lipinski definition) is 3. The molecule has 0 amide bonds. The molecule has 0 radical (unpaired) electrons. The molecule has 0 fully saturated rings. The van der Waals surface area contributed by atoms with Gasteiger partial charge in [0.1, 0.15) is 18.0 Å². The second-order valence-corrected chi connectivity index (χ2v) is 4.58. The summed E-state index contributed by atoms with van der Waals surface area (Å²) < 4.78 is 5.37. The van der Waals surface area contributed by atoms with E-state index in [2.05, 4.69) is 0 Å². The number of carboxylic acids is 1. The van der Waals surface area contributed by atoms with E-state index >= 15 is 0 Å². The second-order valence-electron chi connectivity index (χ2n) is 4.58. The minimum absolute atomic E-state index is 0.201. The van der Waals surface area contributed by atoms with Crippen molar-refractivity contribution >= 4 is 5.97 Å². The lowest BCUT2D eigenvalue weighted by atomic mass is 9.85. The Bertz CT molecular complexity index is 670. The van der Waals surface area contributed by atoms with E-state index in [9.17, 15) is 15.0 Å². The van der Waals surface area contributed by atoms with Crippen molar-refractivity contribution in [2.24, 2.45) is 0 Å². The molecule has 3 rings (SSSR count). The summed E-state index contributed by atoms with van der Waals surface area (Å²) in [5.74, 6) is -1.07. The zero-order valence-corrected chi connectivity index (χ0v) is 10.1. The number of furan rings is 1. The number of benzene rings is 1. The monoisotopic (exact) mass is 260 g/mol. The van der Waals surface area contributed by atoms with E-state index in [1.807, 2.05) is 0 Å². The molecule has 2 unspecified atom stereocenters. The first kappa shape index (κ1) is 12.0. The molecule has 0 saturated carbocycles. The number of aromatic carboxylic acids is 1. The predicted octanol–water partition coefficient (Wildman–Crippen LogP) is 2.03. The molecule has 1 aromatic carbocycles. The van der Waals surface area contributed by atoms with Gasteiger partial charge in [0.05, 0.1) is 0 Å². The summed E-state index contributed by atoms with van der Waals surface area (Å²) in [6, 6.07) is 6.93. The quantitative estimate of drug-likeness (QED) is 0.729. The van der Waals surface area contributed by atoms with Gasteiger partial charge in [-0.2, -0.15) is 0 Å². The van der Waals surface area contributed by atoms with E-state index in [0.717, 1.165) is 0 Å². The Labute approximate surface area is 108 Å². The van der Waals surface area contributed by atoms with Gasteiger partial charge < -0.3 is 19.7 Å². The molecule has 19 heavy (non-hydrogen) atoms. The highest BCUT2D eigenvalue weighted by Gasteiger charge is 2.37. The van der Waals surface area contributed by atoms with Crippen molar-refractivity contribution in [3.8, 4) is 11.3 Å². The lowest BCUT2D eigenvalue weighted by Crippen LogP contribution is -2.16. The standard InChI is InChI=1S/C14H12O5/c1-6-9-11(16)10(15)7-4-2-3-5-8(7)13(9)19-12(6)14(17)18/h2-5,10-11,15-16H,1H3,(H,17,18). The van der Waals surface area contributed by atoms with Crippen molar-refractivity contribution in [2.75, 3.05) is 0 Å². The number of carboxylic acid groups (broad SMARTS) is 1. The van der Waals surface area contributed by atoms with Crippen LogP contribution in [0, 0.1) is 6.92 Å². The lowest BCUT2D eigenvalue weighted by molar-refractivity contribution is 0.0149. The number of aliphatic hydroxyl groups excluding tert-OH is 2. The molecule has 98 valence electrons. The van der Waals surface area contributed by atoms with E-state index in [-0.39, 0.29) is 5.76 Å². The van der Waals surface area contributed by atoms with Crippen LogP contribution in [0.4, 0.5) is 0 Å². The van der Waals surface area contributed by atoms with E-state index < -0.39 is 18.2 Å². The first-order valence-electron chi connectivity index (χ1n) is 5.84. The summed E-state index contributed by atoms with van der Waals surface area (Å²) in [4.78, 5) is 11.1. The van der Waals surface area contributed by atoms with Gasteiger partial charge in [-0.1, -0.05) is 24.3 Å². The van der Waals surface area contributed by atoms with Gasteiger partial charge >= 0.3 is 5.97 Å². The second kappa shape index (κ2) is 3.94. The molecular weight excluding hydrogens is 248 g/mol. The zero-order chi connectivity index (χ0) is 13.7. The highest BCUT2D eigenvalue weighted by Crippen LogP contribution is 2.47. The third-order valence-electron chi connectivity index (χ3n) is 3.51. The number of fused-ring (bicyclic) bond motifs is 3. The molecule has 0 spiro atoms. The largest absolute Gasteiger partial charge is 0.475 e. The summed E-state index contributed by atoms with van der Waals surface area (Å²) in [7, 11) is 0. The normalized spacial score (nSPS) is 20.8. The summed E-state index contributed by atoms with van der Waals surface area (Å²) in [6.45, 7) is 1.57. The number of carbonyl (C=O) groups is 1. The van der Waals surface area contributed by atoms with Gasteiger partial charge in [-0.05, 0) is 12.5 Å². The molecule has 5 heteroatoms. The Morgan fingerprint density at radius 2 is 1.89 bits per heavy atom. The molecule has 0 bridgehead atoms. The Morgan fingerprint density at radius 1 is 1.21 bits per heavy atom. The average molecular weight is 260 g/mol. The van der Waals surface area contributed by atoms with Crippen LogP contribution in [0.3, 0.4) is 0 Å². The fraction of sp³-hybridized carbons (Fsp3) is 0.214. The van der Waals surface area contributed by atoms with Crippen LogP contribution in [0.1, 0.15) is 39.5 Å².